The summed E-state index contributed by atoms with van der Waals surface area (Å²) < 4.78 is 0. The summed E-state index contributed by atoms with van der Waals surface area (Å²) in [5.41, 5.74) is 0.426. The van der Waals surface area contributed by atoms with Crippen LogP contribution in [-0.4, -0.2) is 41.9 Å². The first-order chi connectivity index (χ1) is 15.7. The van der Waals surface area contributed by atoms with E-state index in [1.807, 2.05) is 14.1 Å². The number of Topliss-reactive ketones (excluding diaryl/α,β-unsaturated/α-hetero) is 1. The molecule has 4 fully saturated rings. The fourth-order valence-corrected chi connectivity index (χ4v) is 9.14. The van der Waals surface area contributed by atoms with Crippen LogP contribution in [0.3, 0.4) is 0 Å². The van der Waals surface area contributed by atoms with E-state index in [-0.39, 0.29) is 17.4 Å². The minimum atomic E-state index is -0.126. The molecule has 0 heterocycles. The van der Waals surface area contributed by atoms with Crippen molar-refractivity contribution in [3.05, 3.63) is 0 Å². The standard InChI is InChI=1S/C29H49NO3/c1-28-17-16-22(31)18-21(28)12-13-23-24-14-15-25(32)29(24,2)19-20(27(23)28)10-8-6-5-7-9-11-26(33)30(3)4/h20-21,23-25,27,32H,5-19H2,1-4H3/t20?,21?,23-,24-,25?,27+,28-,29-/m0/s1. The van der Waals surface area contributed by atoms with E-state index in [2.05, 4.69) is 13.8 Å². The van der Waals surface area contributed by atoms with Crippen molar-refractivity contribution in [2.75, 3.05) is 14.1 Å². The van der Waals surface area contributed by atoms with Gasteiger partial charge in [0, 0.05) is 33.4 Å². The molecule has 0 spiro atoms. The smallest absolute Gasteiger partial charge is 0.222 e. The molecule has 188 valence electrons. The predicted molar refractivity (Wildman–Crippen MR) is 133 cm³/mol. The second kappa shape index (κ2) is 9.99. The monoisotopic (exact) mass is 459 g/mol. The normalized spacial score (nSPS) is 42.4. The first-order valence-electron chi connectivity index (χ1n) is 14.1. The Bertz CT molecular complexity index is 720. The second-order valence-corrected chi connectivity index (χ2v) is 13.0. The number of ketones is 1. The molecular weight excluding hydrogens is 410 g/mol. The van der Waals surface area contributed by atoms with E-state index in [4.69, 9.17) is 0 Å². The minimum Gasteiger partial charge on any atom is -0.393 e. The quantitative estimate of drug-likeness (QED) is 0.453. The van der Waals surface area contributed by atoms with Crippen LogP contribution in [0.4, 0.5) is 0 Å². The lowest BCUT2D eigenvalue weighted by molar-refractivity contribution is -0.159. The van der Waals surface area contributed by atoms with Crippen molar-refractivity contribution in [2.45, 2.75) is 116 Å². The zero-order valence-corrected chi connectivity index (χ0v) is 21.8. The lowest BCUT2D eigenvalue weighted by atomic mass is 9.42. The predicted octanol–water partition coefficient (Wildman–Crippen LogP) is 6.00. The molecule has 3 unspecified atom stereocenters. The van der Waals surface area contributed by atoms with Crippen molar-refractivity contribution in [2.24, 2.45) is 40.4 Å². The van der Waals surface area contributed by atoms with Crippen molar-refractivity contribution in [3.8, 4) is 0 Å². The van der Waals surface area contributed by atoms with Crippen molar-refractivity contribution in [1.29, 1.82) is 0 Å². The minimum absolute atomic E-state index is 0.103. The highest BCUT2D eigenvalue weighted by Crippen LogP contribution is 2.68. The van der Waals surface area contributed by atoms with E-state index >= 15 is 0 Å². The van der Waals surface area contributed by atoms with Gasteiger partial charge in [-0.15, -0.1) is 0 Å². The second-order valence-electron chi connectivity index (χ2n) is 13.0. The van der Waals surface area contributed by atoms with E-state index in [1.54, 1.807) is 4.90 Å². The van der Waals surface area contributed by atoms with Gasteiger partial charge in [-0.25, -0.2) is 0 Å². The lowest BCUT2D eigenvalue weighted by Gasteiger charge is -2.62. The van der Waals surface area contributed by atoms with Crippen molar-refractivity contribution in [3.63, 3.8) is 0 Å². The van der Waals surface area contributed by atoms with Gasteiger partial charge in [0.1, 0.15) is 5.78 Å². The van der Waals surface area contributed by atoms with Crippen LogP contribution in [0, 0.1) is 40.4 Å². The van der Waals surface area contributed by atoms with Gasteiger partial charge >= 0.3 is 0 Å². The first kappa shape index (κ1) is 25.2. The van der Waals surface area contributed by atoms with Crippen molar-refractivity contribution >= 4 is 11.7 Å². The first-order valence-corrected chi connectivity index (χ1v) is 14.1. The fraction of sp³-hybridized carbons (Fsp3) is 0.931. The largest absolute Gasteiger partial charge is 0.393 e. The molecule has 4 nitrogen and oxygen atoms in total. The Morgan fingerprint density at radius 3 is 2.48 bits per heavy atom. The van der Waals surface area contributed by atoms with Crippen LogP contribution < -0.4 is 0 Å². The Balaban J connectivity index is 1.39. The summed E-state index contributed by atoms with van der Waals surface area (Å²) in [6.45, 7) is 4.95. The maximum absolute atomic E-state index is 12.3. The molecule has 4 aliphatic rings. The summed E-state index contributed by atoms with van der Waals surface area (Å²) in [7, 11) is 3.68. The maximum atomic E-state index is 12.3. The summed E-state index contributed by atoms with van der Waals surface area (Å²) >= 11 is 0. The van der Waals surface area contributed by atoms with E-state index in [0.717, 1.165) is 50.4 Å². The molecule has 4 heteroatoms. The summed E-state index contributed by atoms with van der Waals surface area (Å²) in [4.78, 5) is 25.8. The number of amides is 1. The van der Waals surface area contributed by atoms with E-state index in [1.165, 1.54) is 51.4 Å². The topological polar surface area (TPSA) is 57.6 Å². The van der Waals surface area contributed by atoms with Gasteiger partial charge in [-0.3, -0.25) is 9.59 Å². The highest BCUT2D eigenvalue weighted by molar-refractivity contribution is 5.79. The Morgan fingerprint density at radius 1 is 1.00 bits per heavy atom. The molecule has 0 aliphatic heterocycles. The SMILES string of the molecule is CN(C)C(=O)CCCCCCCC1C[C@]2(C)C(O)CC[C@H]2[C@@H]2CCC3CC(=O)CC[C@]3(C)[C@H]12. The molecule has 33 heavy (non-hydrogen) atoms. The molecule has 1 amide bonds. The molecule has 0 radical (unpaired) electrons. The third kappa shape index (κ3) is 4.80. The van der Waals surface area contributed by atoms with Gasteiger partial charge < -0.3 is 10.0 Å². The summed E-state index contributed by atoms with van der Waals surface area (Å²) in [5.74, 6) is 4.19. The summed E-state index contributed by atoms with van der Waals surface area (Å²) in [5, 5.41) is 11.0. The molecule has 4 aliphatic carbocycles. The number of aliphatic hydroxyl groups excluding tert-OH is 1. The molecule has 0 saturated heterocycles. The van der Waals surface area contributed by atoms with E-state index in [0.29, 0.717) is 35.4 Å². The van der Waals surface area contributed by atoms with E-state index in [9.17, 15) is 14.7 Å². The van der Waals surface area contributed by atoms with Crippen LogP contribution >= 0.6 is 0 Å². The molecule has 4 saturated carbocycles. The molecule has 4 rings (SSSR count). The van der Waals surface area contributed by atoms with Gasteiger partial charge in [-0.05, 0) is 85.4 Å². The average molecular weight is 460 g/mol. The number of nitrogens with zero attached hydrogens (tertiary/aromatic N) is 1. The Hall–Kier alpha value is -0.900. The van der Waals surface area contributed by atoms with Gasteiger partial charge in [0.2, 0.25) is 5.91 Å². The number of carbonyl (C=O) groups is 2. The van der Waals surface area contributed by atoms with Gasteiger partial charge in [-0.2, -0.15) is 0 Å². The maximum Gasteiger partial charge on any atom is 0.222 e. The van der Waals surface area contributed by atoms with Crippen LogP contribution in [0.15, 0.2) is 0 Å². The van der Waals surface area contributed by atoms with Gasteiger partial charge in [0.15, 0.2) is 0 Å². The molecule has 0 aromatic rings. The third-order valence-corrected chi connectivity index (χ3v) is 11.0. The number of aliphatic hydroxyl groups is 1. The number of hydrogen-bond acceptors (Lipinski definition) is 3. The zero-order chi connectivity index (χ0) is 23.8. The summed E-state index contributed by atoms with van der Waals surface area (Å²) in [6, 6.07) is 0. The van der Waals surface area contributed by atoms with Crippen molar-refractivity contribution < 1.29 is 14.7 Å². The number of rotatable bonds is 8. The third-order valence-electron chi connectivity index (χ3n) is 11.0. The number of carbonyl (C=O) groups excluding carboxylic acids is 2. The Morgan fingerprint density at radius 2 is 1.73 bits per heavy atom. The van der Waals surface area contributed by atoms with Crippen molar-refractivity contribution in [1.82, 2.24) is 4.90 Å². The fourth-order valence-electron chi connectivity index (χ4n) is 9.14. The van der Waals surface area contributed by atoms with Crippen LogP contribution in [-0.2, 0) is 9.59 Å². The van der Waals surface area contributed by atoms with Gasteiger partial charge in [-0.1, -0.05) is 46.0 Å². The van der Waals surface area contributed by atoms with Crippen LogP contribution in [0.5, 0.6) is 0 Å². The van der Waals surface area contributed by atoms with Gasteiger partial charge in [0.05, 0.1) is 6.10 Å². The highest BCUT2D eigenvalue weighted by atomic mass is 16.3. The molecule has 8 atom stereocenters. The van der Waals surface area contributed by atoms with Crippen LogP contribution in [0.25, 0.3) is 0 Å². The molecular formula is C29H49NO3. The zero-order valence-electron chi connectivity index (χ0n) is 21.8. The lowest BCUT2D eigenvalue weighted by Crippen LogP contribution is -2.57. The number of fused-ring (bicyclic) bond motifs is 5. The number of unbranched alkanes of at least 4 members (excludes halogenated alkanes) is 4. The highest BCUT2D eigenvalue weighted by Gasteiger charge is 2.62. The van der Waals surface area contributed by atoms with E-state index < -0.39 is 0 Å². The molecule has 0 bridgehead atoms. The molecule has 0 aromatic heterocycles. The summed E-state index contributed by atoms with van der Waals surface area (Å²) in [6.07, 6.45) is 16.3. The number of hydrogen-bond donors (Lipinski definition) is 1. The van der Waals surface area contributed by atoms with Gasteiger partial charge in [0.25, 0.3) is 0 Å². The average Bonchev–Trinajstić information content (AvgIpc) is 3.07. The molecule has 1 N–H and O–H groups in total. The Labute approximate surface area is 202 Å². The Kier molecular flexibility index (Phi) is 7.63. The molecule has 0 aromatic carbocycles. The van der Waals surface area contributed by atoms with Crippen LogP contribution in [0.1, 0.15) is 110 Å². The van der Waals surface area contributed by atoms with Crippen LogP contribution in [0.2, 0.25) is 0 Å².